The minimum Gasteiger partial charge on any atom is -0.467 e. The van der Waals surface area contributed by atoms with Crippen molar-refractivity contribution in [3.63, 3.8) is 0 Å². The Bertz CT molecular complexity index is 748. The smallest absolute Gasteiger partial charge is 0.416 e. The van der Waals surface area contributed by atoms with E-state index in [-0.39, 0.29) is 17.5 Å². The zero-order valence-electron chi connectivity index (χ0n) is 13.2. The average Bonchev–Trinajstić information content (AvgIpc) is 2.60. The van der Waals surface area contributed by atoms with E-state index in [0.29, 0.717) is 0 Å². The van der Waals surface area contributed by atoms with Gasteiger partial charge in [-0.25, -0.2) is 4.79 Å². The highest BCUT2D eigenvalue weighted by atomic mass is 19.4. The lowest BCUT2D eigenvalue weighted by Gasteiger charge is -2.17. The highest BCUT2D eigenvalue weighted by Crippen LogP contribution is 2.29. The average molecular weight is 352 g/mol. The monoisotopic (exact) mass is 352 g/mol. The minimum absolute atomic E-state index is 0.132. The SMILES string of the molecule is COC(=O)[C@H](Cc1cccc(C(F)(F)F)c1)NC(=O)c1ccncc1. The Hall–Kier alpha value is -2.90. The number of ether oxygens (including phenoxy) is 1. The highest BCUT2D eigenvalue weighted by molar-refractivity contribution is 5.96. The summed E-state index contributed by atoms with van der Waals surface area (Å²) in [5, 5.41) is 2.47. The van der Waals surface area contributed by atoms with Gasteiger partial charge in [0.15, 0.2) is 0 Å². The summed E-state index contributed by atoms with van der Waals surface area (Å²) in [6.45, 7) is 0. The molecule has 0 unspecified atom stereocenters. The maximum absolute atomic E-state index is 12.8. The molecule has 132 valence electrons. The summed E-state index contributed by atoms with van der Waals surface area (Å²) in [4.78, 5) is 27.8. The molecule has 0 saturated heterocycles. The van der Waals surface area contributed by atoms with Crippen LogP contribution in [0.2, 0.25) is 0 Å². The van der Waals surface area contributed by atoms with Crippen molar-refractivity contribution in [2.75, 3.05) is 7.11 Å². The fourth-order valence-electron chi connectivity index (χ4n) is 2.19. The van der Waals surface area contributed by atoms with Crippen LogP contribution in [0.3, 0.4) is 0 Å². The Kier molecular flexibility index (Phi) is 5.74. The van der Waals surface area contributed by atoms with Gasteiger partial charge in [-0.05, 0) is 23.8 Å². The van der Waals surface area contributed by atoms with Gasteiger partial charge in [-0.15, -0.1) is 0 Å². The Morgan fingerprint density at radius 2 is 1.88 bits per heavy atom. The van der Waals surface area contributed by atoms with Crippen LogP contribution in [0.15, 0.2) is 48.8 Å². The lowest BCUT2D eigenvalue weighted by atomic mass is 10.0. The first kappa shape index (κ1) is 18.4. The molecule has 0 aliphatic heterocycles. The van der Waals surface area contributed by atoms with E-state index in [0.717, 1.165) is 19.2 Å². The van der Waals surface area contributed by atoms with Crippen LogP contribution in [0.5, 0.6) is 0 Å². The molecule has 1 atom stereocenters. The van der Waals surface area contributed by atoms with Crippen LogP contribution in [-0.2, 0) is 22.1 Å². The zero-order valence-corrected chi connectivity index (χ0v) is 13.2. The number of pyridine rings is 1. The number of alkyl halides is 3. The van der Waals surface area contributed by atoms with Crippen LogP contribution in [0.1, 0.15) is 21.5 Å². The molecule has 1 aromatic carbocycles. The number of halogens is 3. The molecule has 0 saturated carbocycles. The summed E-state index contributed by atoms with van der Waals surface area (Å²) in [6.07, 6.45) is -1.80. The Morgan fingerprint density at radius 3 is 2.48 bits per heavy atom. The molecule has 0 spiro atoms. The van der Waals surface area contributed by atoms with Crippen LogP contribution in [0.4, 0.5) is 13.2 Å². The Labute approximate surface area is 141 Å². The third-order valence-corrected chi connectivity index (χ3v) is 3.43. The lowest BCUT2D eigenvalue weighted by Crippen LogP contribution is -2.43. The first-order chi connectivity index (χ1) is 11.8. The zero-order chi connectivity index (χ0) is 18.4. The van der Waals surface area contributed by atoms with Gasteiger partial charge in [0.05, 0.1) is 12.7 Å². The first-order valence-corrected chi connectivity index (χ1v) is 7.26. The van der Waals surface area contributed by atoms with E-state index in [1.165, 1.54) is 36.7 Å². The van der Waals surface area contributed by atoms with E-state index >= 15 is 0 Å². The van der Waals surface area contributed by atoms with Crippen molar-refractivity contribution in [3.05, 3.63) is 65.5 Å². The van der Waals surface area contributed by atoms with Gasteiger partial charge in [0.25, 0.3) is 5.91 Å². The molecule has 1 N–H and O–H groups in total. The summed E-state index contributed by atoms with van der Waals surface area (Å²) >= 11 is 0. The third-order valence-electron chi connectivity index (χ3n) is 3.43. The number of hydrogen-bond donors (Lipinski definition) is 1. The molecule has 2 rings (SSSR count). The summed E-state index contributed by atoms with van der Waals surface area (Å²) < 4.78 is 43.0. The van der Waals surface area contributed by atoms with Crippen molar-refractivity contribution in [2.24, 2.45) is 0 Å². The summed E-state index contributed by atoms with van der Waals surface area (Å²) in [6, 6.07) is 6.36. The molecule has 0 aliphatic carbocycles. The molecule has 1 aromatic heterocycles. The van der Waals surface area contributed by atoms with Gasteiger partial charge in [-0.3, -0.25) is 9.78 Å². The second-order valence-electron chi connectivity index (χ2n) is 5.19. The maximum atomic E-state index is 12.8. The van der Waals surface area contributed by atoms with Crippen LogP contribution < -0.4 is 5.32 Å². The molecular formula is C17H15F3N2O3. The van der Waals surface area contributed by atoms with Crippen molar-refractivity contribution < 1.29 is 27.5 Å². The van der Waals surface area contributed by atoms with Crippen LogP contribution >= 0.6 is 0 Å². The molecule has 0 aliphatic rings. The number of esters is 1. The molecule has 0 bridgehead atoms. The van der Waals surface area contributed by atoms with E-state index in [4.69, 9.17) is 0 Å². The van der Waals surface area contributed by atoms with E-state index in [9.17, 15) is 22.8 Å². The molecule has 25 heavy (non-hydrogen) atoms. The van der Waals surface area contributed by atoms with Crippen molar-refractivity contribution in [3.8, 4) is 0 Å². The quantitative estimate of drug-likeness (QED) is 0.840. The predicted octanol–water partition coefficient (Wildman–Crippen LogP) is 2.61. The van der Waals surface area contributed by atoms with E-state index in [2.05, 4.69) is 15.0 Å². The van der Waals surface area contributed by atoms with E-state index in [1.807, 2.05) is 0 Å². The van der Waals surface area contributed by atoms with Crippen molar-refractivity contribution in [1.82, 2.24) is 10.3 Å². The summed E-state index contributed by atoms with van der Waals surface area (Å²) in [5.41, 5.74) is -0.303. The van der Waals surface area contributed by atoms with Gasteiger partial charge in [-0.1, -0.05) is 18.2 Å². The second-order valence-corrected chi connectivity index (χ2v) is 5.19. The number of benzene rings is 1. The largest absolute Gasteiger partial charge is 0.467 e. The van der Waals surface area contributed by atoms with Crippen LogP contribution in [0, 0.1) is 0 Å². The van der Waals surface area contributed by atoms with Crippen LogP contribution in [-0.4, -0.2) is 30.0 Å². The van der Waals surface area contributed by atoms with E-state index in [1.54, 1.807) is 0 Å². The summed E-state index contributed by atoms with van der Waals surface area (Å²) in [7, 11) is 1.14. The van der Waals surface area contributed by atoms with Gasteiger partial charge < -0.3 is 10.1 Å². The molecule has 1 amide bonds. The highest BCUT2D eigenvalue weighted by Gasteiger charge is 2.31. The van der Waals surface area contributed by atoms with Gasteiger partial charge >= 0.3 is 12.1 Å². The standard InChI is InChI=1S/C17H15F3N2O3/c1-25-16(24)14(22-15(23)12-5-7-21-8-6-12)10-11-3-2-4-13(9-11)17(18,19)20/h2-9,14H,10H2,1H3,(H,22,23)/t14-/m0/s1. The number of nitrogens with zero attached hydrogens (tertiary/aromatic N) is 1. The number of aromatic nitrogens is 1. The first-order valence-electron chi connectivity index (χ1n) is 7.26. The molecule has 5 nitrogen and oxygen atoms in total. The number of nitrogens with one attached hydrogen (secondary N) is 1. The van der Waals surface area contributed by atoms with Crippen LogP contribution in [0.25, 0.3) is 0 Å². The Balaban J connectivity index is 2.19. The molecule has 8 heteroatoms. The molecule has 0 radical (unpaired) electrons. The Morgan fingerprint density at radius 1 is 1.20 bits per heavy atom. The van der Waals surface area contributed by atoms with Gasteiger partial charge in [0, 0.05) is 24.4 Å². The molecule has 2 aromatic rings. The van der Waals surface area contributed by atoms with Gasteiger partial charge in [-0.2, -0.15) is 13.2 Å². The topological polar surface area (TPSA) is 68.3 Å². The molecule has 0 fully saturated rings. The normalized spacial score (nSPS) is 12.3. The van der Waals surface area contributed by atoms with Crippen molar-refractivity contribution >= 4 is 11.9 Å². The van der Waals surface area contributed by atoms with Crippen molar-refractivity contribution in [2.45, 2.75) is 18.6 Å². The lowest BCUT2D eigenvalue weighted by molar-refractivity contribution is -0.142. The molecule has 1 heterocycles. The fraction of sp³-hybridized carbons (Fsp3) is 0.235. The maximum Gasteiger partial charge on any atom is 0.416 e. The number of carbonyl (C=O) groups excluding carboxylic acids is 2. The summed E-state index contributed by atoms with van der Waals surface area (Å²) in [5.74, 6) is -1.30. The third kappa shape index (κ3) is 5.03. The molecular weight excluding hydrogens is 337 g/mol. The van der Waals surface area contributed by atoms with Gasteiger partial charge in [0.2, 0.25) is 0 Å². The fourth-order valence-corrected chi connectivity index (χ4v) is 2.19. The van der Waals surface area contributed by atoms with Crippen molar-refractivity contribution in [1.29, 1.82) is 0 Å². The van der Waals surface area contributed by atoms with E-state index < -0.39 is 29.7 Å². The van der Waals surface area contributed by atoms with Gasteiger partial charge in [0.1, 0.15) is 6.04 Å². The number of hydrogen-bond acceptors (Lipinski definition) is 4. The minimum atomic E-state index is -4.49. The number of rotatable bonds is 5. The number of amides is 1. The second kappa shape index (κ2) is 7.78. The number of methoxy groups -OCH3 is 1. The number of carbonyl (C=O) groups is 2. The predicted molar refractivity (Wildman–Crippen MR) is 82.7 cm³/mol.